The number of carbonyl (C=O) groups is 2. The summed E-state index contributed by atoms with van der Waals surface area (Å²) in [7, 11) is 0. The van der Waals surface area contributed by atoms with Gasteiger partial charge in [0.05, 0.1) is 12.6 Å². The predicted octanol–water partition coefficient (Wildman–Crippen LogP) is 0.548. The average Bonchev–Trinajstić information content (AvgIpc) is 2.77. The molecule has 1 aliphatic heterocycles. The van der Waals surface area contributed by atoms with Gasteiger partial charge >= 0.3 is 5.97 Å². The molecule has 98 valence electrons. The smallest absolute Gasteiger partial charge is 0.320 e. The average molecular weight is 252 g/mol. The maximum Gasteiger partial charge on any atom is 0.320 e. The molecule has 1 aliphatic rings. The molecule has 0 aliphatic carbocycles. The van der Waals surface area contributed by atoms with Crippen LogP contribution in [0.4, 0.5) is 5.95 Å². The van der Waals surface area contributed by atoms with Crippen molar-refractivity contribution < 1.29 is 14.3 Å². The lowest BCUT2D eigenvalue weighted by atomic mass is 9.88. The summed E-state index contributed by atoms with van der Waals surface area (Å²) in [6.45, 7) is 5.83. The monoisotopic (exact) mass is 252 g/mol. The summed E-state index contributed by atoms with van der Waals surface area (Å²) in [5.41, 5.74) is 0. The van der Waals surface area contributed by atoms with Crippen LogP contribution in [0.2, 0.25) is 0 Å². The molecule has 1 aromatic heterocycles. The van der Waals surface area contributed by atoms with E-state index in [9.17, 15) is 9.59 Å². The Hall–Kier alpha value is -1.92. The fraction of sp³-hybridized carbons (Fsp3) is 0.636. The second-order valence-electron chi connectivity index (χ2n) is 4.48. The maximum atomic E-state index is 12.2. The molecule has 0 saturated heterocycles. The Balaban J connectivity index is 2.36. The second kappa shape index (κ2) is 4.75. The zero-order valence-corrected chi connectivity index (χ0v) is 10.6. The van der Waals surface area contributed by atoms with Crippen LogP contribution in [0, 0.1) is 11.8 Å². The summed E-state index contributed by atoms with van der Waals surface area (Å²) in [6, 6.07) is -0.326. The van der Waals surface area contributed by atoms with Gasteiger partial charge in [-0.25, -0.2) is 0 Å². The van der Waals surface area contributed by atoms with Crippen LogP contribution in [0.25, 0.3) is 0 Å². The van der Waals surface area contributed by atoms with Gasteiger partial charge in [-0.2, -0.15) is 14.8 Å². The molecule has 0 bridgehead atoms. The first-order valence-electron chi connectivity index (χ1n) is 5.93. The Morgan fingerprint density at radius 1 is 1.61 bits per heavy atom. The molecule has 0 fully saturated rings. The fourth-order valence-corrected chi connectivity index (χ4v) is 2.05. The highest BCUT2D eigenvalue weighted by Gasteiger charge is 2.43. The Kier molecular flexibility index (Phi) is 3.31. The highest BCUT2D eigenvalue weighted by Crippen LogP contribution is 2.25. The molecule has 0 saturated carbocycles. The van der Waals surface area contributed by atoms with Gasteiger partial charge in [-0.1, -0.05) is 13.8 Å². The quantitative estimate of drug-likeness (QED) is 0.624. The van der Waals surface area contributed by atoms with Gasteiger partial charge in [0.25, 0.3) is 5.91 Å². The number of anilines is 1. The Labute approximate surface area is 105 Å². The summed E-state index contributed by atoms with van der Waals surface area (Å²) in [5, 5.41) is 6.87. The number of nitrogens with one attached hydrogen (secondary N) is 1. The van der Waals surface area contributed by atoms with Gasteiger partial charge < -0.3 is 10.1 Å². The van der Waals surface area contributed by atoms with Crippen LogP contribution < -0.4 is 5.32 Å². The summed E-state index contributed by atoms with van der Waals surface area (Å²) in [6.07, 6.45) is 1.28. The molecular weight excluding hydrogens is 236 g/mol. The van der Waals surface area contributed by atoms with E-state index in [1.54, 1.807) is 6.92 Å². The molecule has 0 spiro atoms. The molecule has 0 radical (unpaired) electrons. The topological polar surface area (TPSA) is 86.1 Å². The van der Waals surface area contributed by atoms with Crippen molar-refractivity contribution in [3.05, 3.63) is 6.33 Å². The van der Waals surface area contributed by atoms with Crippen molar-refractivity contribution in [1.82, 2.24) is 14.8 Å². The summed E-state index contributed by atoms with van der Waals surface area (Å²) >= 11 is 0. The molecule has 0 unspecified atom stereocenters. The number of nitrogens with zero attached hydrogens (tertiary/aromatic N) is 3. The van der Waals surface area contributed by atoms with Gasteiger partial charge in [-0.05, 0) is 12.8 Å². The van der Waals surface area contributed by atoms with Gasteiger partial charge in [0.15, 0.2) is 5.92 Å². The molecular formula is C11H16N4O3. The van der Waals surface area contributed by atoms with Crippen LogP contribution in [-0.4, -0.2) is 39.3 Å². The number of hydrogen-bond acceptors (Lipinski definition) is 6. The van der Waals surface area contributed by atoms with Crippen LogP contribution in [-0.2, 0) is 9.53 Å². The first-order chi connectivity index (χ1) is 8.56. The molecule has 0 amide bonds. The van der Waals surface area contributed by atoms with Crippen LogP contribution in [0.5, 0.6) is 0 Å². The largest absolute Gasteiger partial charge is 0.465 e. The van der Waals surface area contributed by atoms with E-state index in [1.807, 2.05) is 13.8 Å². The van der Waals surface area contributed by atoms with Crippen molar-refractivity contribution in [2.45, 2.75) is 26.8 Å². The van der Waals surface area contributed by atoms with Gasteiger partial charge in [0, 0.05) is 0 Å². The zero-order chi connectivity index (χ0) is 13.3. The molecule has 7 nitrogen and oxygen atoms in total. The van der Waals surface area contributed by atoms with Crippen molar-refractivity contribution in [2.24, 2.45) is 11.8 Å². The number of rotatable bonds is 3. The van der Waals surface area contributed by atoms with Gasteiger partial charge in [0.1, 0.15) is 6.33 Å². The van der Waals surface area contributed by atoms with Crippen molar-refractivity contribution in [3.63, 3.8) is 0 Å². The number of esters is 1. The molecule has 1 aromatic rings. The number of aromatic nitrogens is 3. The SMILES string of the molecule is CCOC(=O)[C@H]1C(=O)n2ncnc2N[C@@H]1C(C)C. The van der Waals surface area contributed by atoms with E-state index in [1.165, 1.54) is 6.33 Å². The Morgan fingerprint density at radius 3 is 2.94 bits per heavy atom. The van der Waals surface area contributed by atoms with Crippen molar-refractivity contribution in [3.8, 4) is 0 Å². The zero-order valence-electron chi connectivity index (χ0n) is 10.6. The van der Waals surface area contributed by atoms with Crippen LogP contribution >= 0.6 is 0 Å². The minimum Gasteiger partial charge on any atom is -0.465 e. The van der Waals surface area contributed by atoms with Crippen LogP contribution in [0.3, 0.4) is 0 Å². The van der Waals surface area contributed by atoms with E-state index in [-0.39, 0.29) is 18.6 Å². The first-order valence-corrected chi connectivity index (χ1v) is 5.93. The summed E-state index contributed by atoms with van der Waals surface area (Å²) in [4.78, 5) is 28.1. The van der Waals surface area contributed by atoms with E-state index in [0.717, 1.165) is 4.68 Å². The molecule has 7 heteroatoms. The summed E-state index contributed by atoms with van der Waals surface area (Å²) < 4.78 is 6.07. The minimum atomic E-state index is -0.876. The first kappa shape index (κ1) is 12.5. The Morgan fingerprint density at radius 2 is 2.33 bits per heavy atom. The van der Waals surface area contributed by atoms with Gasteiger partial charge in [-0.3, -0.25) is 9.59 Å². The van der Waals surface area contributed by atoms with Gasteiger partial charge in [-0.15, -0.1) is 0 Å². The van der Waals surface area contributed by atoms with E-state index >= 15 is 0 Å². The standard InChI is InChI=1S/C11H16N4O3/c1-4-18-10(17)7-8(6(2)3)14-11-12-5-13-15(11)9(7)16/h5-8H,4H2,1-3H3,(H,12,13,14)/t7-,8-/m1/s1. The third-order valence-electron chi connectivity index (χ3n) is 2.94. The molecule has 1 N–H and O–H groups in total. The van der Waals surface area contributed by atoms with Crippen molar-refractivity contribution in [2.75, 3.05) is 11.9 Å². The maximum absolute atomic E-state index is 12.2. The lowest BCUT2D eigenvalue weighted by molar-refractivity contribution is -0.147. The molecule has 2 heterocycles. The summed E-state index contributed by atoms with van der Waals surface area (Å²) in [5.74, 6) is -1.32. The minimum absolute atomic E-state index is 0.0915. The molecule has 0 aromatic carbocycles. The normalized spacial score (nSPS) is 22.6. The second-order valence-corrected chi connectivity index (χ2v) is 4.48. The van der Waals surface area contributed by atoms with E-state index in [2.05, 4.69) is 15.4 Å². The number of hydrogen-bond donors (Lipinski definition) is 1. The molecule has 2 rings (SSSR count). The third-order valence-corrected chi connectivity index (χ3v) is 2.94. The van der Waals surface area contributed by atoms with Crippen LogP contribution in [0.15, 0.2) is 6.33 Å². The molecule has 18 heavy (non-hydrogen) atoms. The lowest BCUT2D eigenvalue weighted by Crippen LogP contribution is -2.50. The fourth-order valence-electron chi connectivity index (χ4n) is 2.05. The van der Waals surface area contributed by atoms with Crippen LogP contribution in [0.1, 0.15) is 25.6 Å². The predicted molar refractivity (Wildman–Crippen MR) is 63.0 cm³/mol. The molecule has 2 atom stereocenters. The highest BCUT2D eigenvalue weighted by molar-refractivity contribution is 6.02. The highest BCUT2D eigenvalue weighted by atomic mass is 16.5. The van der Waals surface area contributed by atoms with Crippen molar-refractivity contribution in [1.29, 1.82) is 0 Å². The van der Waals surface area contributed by atoms with E-state index < -0.39 is 17.8 Å². The van der Waals surface area contributed by atoms with Gasteiger partial charge in [0.2, 0.25) is 5.95 Å². The van der Waals surface area contributed by atoms with E-state index in [4.69, 9.17) is 4.74 Å². The van der Waals surface area contributed by atoms with Crippen molar-refractivity contribution >= 4 is 17.8 Å². The van der Waals surface area contributed by atoms with E-state index in [0.29, 0.717) is 5.95 Å². The number of fused-ring (bicyclic) bond motifs is 1. The Bertz CT molecular complexity index is 469. The number of carbonyl (C=O) groups excluding carboxylic acids is 2. The number of ether oxygens (including phenoxy) is 1. The lowest BCUT2D eigenvalue weighted by Gasteiger charge is -2.32. The third kappa shape index (κ3) is 1.96.